The summed E-state index contributed by atoms with van der Waals surface area (Å²) in [4.78, 5) is 20.8. The minimum atomic E-state index is -0.0150. The number of hydrogen-bond donors (Lipinski definition) is 2. The van der Waals surface area contributed by atoms with Crippen LogP contribution in [0.5, 0.6) is 0 Å². The molecule has 7 nitrogen and oxygen atoms in total. The standard InChI is InChI=1S/C14H20N6OS/c1-11-17-13(10-22-11)9-19-4-6-20(7-5-19)14(21)15-8-12-2-3-16-18-12/h2-3,10H,4-9H2,1H3,(H,15,21)(H,16,18). The number of carbonyl (C=O) groups is 1. The molecule has 22 heavy (non-hydrogen) atoms. The maximum absolute atomic E-state index is 12.1. The molecule has 2 aromatic rings. The van der Waals surface area contributed by atoms with Crippen LogP contribution in [-0.4, -0.2) is 57.2 Å². The highest BCUT2D eigenvalue weighted by Crippen LogP contribution is 2.12. The van der Waals surface area contributed by atoms with Gasteiger partial charge in [0.1, 0.15) is 0 Å². The molecule has 1 aliphatic rings. The minimum absolute atomic E-state index is 0.0150. The Hall–Kier alpha value is -1.93. The molecule has 0 unspecified atom stereocenters. The van der Waals surface area contributed by atoms with Crippen LogP contribution in [0.4, 0.5) is 4.79 Å². The van der Waals surface area contributed by atoms with Crippen LogP contribution in [0.2, 0.25) is 0 Å². The van der Waals surface area contributed by atoms with Crippen molar-refractivity contribution in [2.24, 2.45) is 0 Å². The highest BCUT2D eigenvalue weighted by molar-refractivity contribution is 7.09. The zero-order chi connectivity index (χ0) is 15.4. The Labute approximate surface area is 133 Å². The van der Waals surface area contributed by atoms with E-state index in [0.29, 0.717) is 6.54 Å². The van der Waals surface area contributed by atoms with Gasteiger partial charge < -0.3 is 10.2 Å². The maximum Gasteiger partial charge on any atom is 0.317 e. The van der Waals surface area contributed by atoms with Gasteiger partial charge in [-0.25, -0.2) is 9.78 Å². The summed E-state index contributed by atoms with van der Waals surface area (Å²) >= 11 is 1.68. The highest BCUT2D eigenvalue weighted by atomic mass is 32.1. The van der Waals surface area contributed by atoms with Gasteiger partial charge in [0.05, 0.1) is 22.9 Å². The van der Waals surface area contributed by atoms with Crippen molar-refractivity contribution >= 4 is 17.4 Å². The molecule has 0 saturated carbocycles. The van der Waals surface area contributed by atoms with E-state index in [9.17, 15) is 4.79 Å². The van der Waals surface area contributed by atoms with Crippen molar-refractivity contribution in [1.29, 1.82) is 0 Å². The lowest BCUT2D eigenvalue weighted by molar-refractivity contribution is 0.134. The van der Waals surface area contributed by atoms with Gasteiger partial charge in [0.25, 0.3) is 0 Å². The fourth-order valence-corrected chi connectivity index (χ4v) is 3.09. The third-order valence-corrected chi connectivity index (χ3v) is 4.52. The number of amides is 2. The molecule has 1 saturated heterocycles. The van der Waals surface area contributed by atoms with Gasteiger partial charge in [0.15, 0.2) is 0 Å². The fourth-order valence-electron chi connectivity index (χ4n) is 2.48. The van der Waals surface area contributed by atoms with Gasteiger partial charge in [0.2, 0.25) is 0 Å². The predicted molar refractivity (Wildman–Crippen MR) is 84.5 cm³/mol. The lowest BCUT2D eigenvalue weighted by atomic mass is 10.3. The largest absolute Gasteiger partial charge is 0.332 e. The first-order valence-electron chi connectivity index (χ1n) is 7.35. The molecule has 2 N–H and O–H groups in total. The summed E-state index contributed by atoms with van der Waals surface area (Å²) in [6.45, 7) is 6.64. The third kappa shape index (κ3) is 3.83. The predicted octanol–water partition coefficient (Wildman–Crippen LogP) is 1.20. The Morgan fingerprint density at radius 2 is 2.23 bits per heavy atom. The van der Waals surface area contributed by atoms with Crippen molar-refractivity contribution in [2.75, 3.05) is 26.2 Å². The molecule has 0 aromatic carbocycles. The summed E-state index contributed by atoms with van der Waals surface area (Å²) in [7, 11) is 0. The number of aryl methyl sites for hydroxylation is 1. The Bertz CT molecular complexity index is 603. The van der Waals surface area contributed by atoms with Gasteiger partial charge in [-0.1, -0.05) is 0 Å². The zero-order valence-corrected chi connectivity index (χ0v) is 13.4. The Morgan fingerprint density at radius 3 is 2.86 bits per heavy atom. The van der Waals surface area contributed by atoms with Gasteiger partial charge in [-0.05, 0) is 13.0 Å². The van der Waals surface area contributed by atoms with E-state index in [1.54, 1.807) is 17.5 Å². The third-order valence-electron chi connectivity index (χ3n) is 3.70. The van der Waals surface area contributed by atoms with Gasteiger partial charge >= 0.3 is 6.03 Å². The molecule has 0 atom stereocenters. The Balaban J connectivity index is 1.42. The van der Waals surface area contributed by atoms with Crippen LogP contribution < -0.4 is 5.32 Å². The van der Waals surface area contributed by atoms with Crippen LogP contribution in [0.25, 0.3) is 0 Å². The second-order valence-corrected chi connectivity index (χ2v) is 6.42. The molecule has 8 heteroatoms. The van der Waals surface area contributed by atoms with Crippen LogP contribution in [0.3, 0.4) is 0 Å². The van der Waals surface area contributed by atoms with E-state index < -0.39 is 0 Å². The molecule has 118 valence electrons. The second kappa shape index (κ2) is 6.89. The average molecular weight is 320 g/mol. The summed E-state index contributed by atoms with van der Waals surface area (Å²) < 4.78 is 0. The maximum atomic E-state index is 12.1. The number of carbonyl (C=O) groups excluding carboxylic acids is 1. The van der Waals surface area contributed by atoms with Crippen molar-refractivity contribution in [3.8, 4) is 0 Å². The number of aromatic nitrogens is 3. The van der Waals surface area contributed by atoms with Gasteiger partial charge in [-0.3, -0.25) is 10.00 Å². The number of H-pyrrole nitrogens is 1. The number of rotatable bonds is 4. The number of piperazine rings is 1. The summed E-state index contributed by atoms with van der Waals surface area (Å²) in [5.41, 5.74) is 2.03. The molecule has 3 rings (SSSR count). The average Bonchev–Trinajstić information content (AvgIpc) is 3.17. The van der Waals surface area contributed by atoms with Crippen molar-refractivity contribution < 1.29 is 4.79 Å². The fraction of sp³-hybridized carbons (Fsp3) is 0.500. The highest BCUT2D eigenvalue weighted by Gasteiger charge is 2.21. The van der Waals surface area contributed by atoms with E-state index in [-0.39, 0.29) is 6.03 Å². The molecule has 2 aromatic heterocycles. The van der Waals surface area contributed by atoms with Crippen LogP contribution in [-0.2, 0) is 13.1 Å². The first-order chi connectivity index (χ1) is 10.7. The van der Waals surface area contributed by atoms with Crippen LogP contribution in [0, 0.1) is 6.92 Å². The molecular formula is C14H20N6OS. The summed E-state index contributed by atoms with van der Waals surface area (Å²) in [5.74, 6) is 0. The summed E-state index contributed by atoms with van der Waals surface area (Å²) in [5, 5.41) is 12.8. The molecule has 2 amide bonds. The van der Waals surface area contributed by atoms with E-state index in [0.717, 1.165) is 49.1 Å². The Morgan fingerprint density at radius 1 is 1.41 bits per heavy atom. The quantitative estimate of drug-likeness (QED) is 0.887. The molecule has 0 aliphatic carbocycles. The summed E-state index contributed by atoms with van der Waals surface area (Å²) in [6.07, 6.45) is 1.68. The SMILES string of the molecule is Cc1nc(CN2CCN(C(=O)NCc3ccn[nH]3)CC2)cs1. The monoisotopic (exact) mass is 320 g/mol. The van der Waals surface area contributed by atoms with Crippen LogP contribution in [0.1, 0.15) is 16.4 Å². The number of thiazole rings is 1. The second-order valence-electron chi connectivity index (χ2n) is 5.36. The lowest BCUT2D eigenvalue weighted by Crippen LogP contribution is -2.51. The normalized spacial score (nSPS) is 16.0. The molecule has 3 heterocycles. The van der Waals surface area contributed by atoms with E-state index in [1.165, 1.54) is 0 Å². The van der Waals surface area contributed by atoms with E-state index >= 15 is 0 Å². The summed E-state index contributed by atoms with van der Waals surface area (Å²) in [6, 6.07) is 1.84. The van der Waals surface area contributed by atoms with Crippen molar-refractivity contribution in [1.82, 2.24) is 30.3 Å². The number of aromatic amines is 1. The minimum Gasteiger partial charge on any atom is -0.332 e. The van der Waals surface area contributed by atoms with Crippen molar-refractivity contribution in [2.45, 2.75) is 20.0 Å². The molecule has 0 bridgehead atoms. The van der Waals surface area contributed by atoms with Gasteiger partial charge in [0, 0.05) is 44.3 Å². The number of nitrogens with one attached hydrogen (secondary N) is 2. The van der Waals surface area contributed by atoms with E-state index in [1.807, 2.05) is 17.9 Å². The van der Waals surface area contributed by atoms with Crippen molar-refractivity contribution in [3.05, 3.63) is 34.0 Å². The van der Waals surface area contributed by atoms with Gasteiger partial charge in [-0.2, -0.15) is 5.10 Å². The first-order valence-corrected chi connectivity index (χ1v) is 8.23. The number of hydrogen-bond acceptors (Lipinski definition) is 5. The van der Waals surface area contributed by atoms with E-state index in [4.69, 9.17) is 0 Å². The van der Waals surface area contributed by atoms with Crippen LogP contribution >= 0.6 is 11.3 Å². The smallest absolute Gasteiger partial charge is 0.317 e. The molecule has 1 fully saturated rings. The van der Waals surface area contributed by atoms with Crippen molar-refractivity contribution in [3.63, 3.8) is 0 Å². The molecule has 1 aliphatic heterocycles. The molecule has 0 spiro atoms. The number of nitrogens with zero attached hydrogens (tertiary/aromatic N) is 4. The first kappa shape index (κ1) is 15.0. The number of urea groups is 1. The zero-order valence-electron chi connectivity index (χ0n) is 12.6. The topological polar surface area (TPSA) is 77.2 Å². The van der Waals surface area contributed by atoms with E-state index in [2.05, 4.69) is 30.8 Å². The van der Waals surface area contributed by atoms with Gasteiger partial charge in [-0.15, -0.1) is 11.3 Å². The van der Waals surface area contributed by atoms with Crippen LogP contribution in [0.15, 0.2) is 17.6 Å². The Kier molecular flexibility index (Phi) is 4.69. The lowest BCUT2D eigenvalue weighted by Gasteiger charge is -2.34. The molecule has 0 radical (unpaired) electrons. The molecular weight excluding hydrogens is 300 g/mol.